The van der Waals surface area contributed by atoms with Crippen LogP contribution >= 0.6 is 0 Å². The third-order valence-corrected chi connectivity index (χ3v) is 3.22. The lowest BCUT2D eigenvalue weighted by atomic mass is 10.1. The van der Waals surface area contributed by atoms with Crippen LogP contribution in [-0.4, -0.2) is 31.1 Å². The highest BCUT2D eigenvalue weighted by Gasteiger charge is 2.10. The summed E-state index contributed by atoms with van der Waals surface area (Å²) in [4.78, 5) is 15.1. The second-order valence-electron chi connectivity index (χ2n) is 4.56. The predicted octanol–water partition coefficient (Wildman–Crippen LogP) is 1.88. The van der Waals surface area contributed by atoms with Gasteiger partial charge in [0.1, 0.15) is 5.52 Å². The summed E-state index contributed by atoms with van der Waals surface area (Å²) in [6, 6.07) is 6.71. The zero-order valence-electron chi connectivity index (χ0n) is 10.8. The summed E-state index contributed by atoms with van der Waals surface area (Å²) >= 11 is 0. The molecular formula is C14H12N4O2. The van der Waals surface area contributed by atoms with Crippen molar-refractivity contribution in [2.45, 2.75) is 13.5 Å². The molecule has 1 N–H and O–H groups in total. The first kappa shape index (κ1) is 12.3. The number of carbonyl (C=O) groups is 1. The molecule has 20 heavy (non-hydrogen) atoms. The fraction of sp³-hybridized carbons (Fsp3) is 0.143. The van der Waals surface area contributed by atoms with Crippen molar-refractivity contribution in [2.75, 3.05) is 0 Å². The van der Waals surface area contributed by atoms with Crippen LogP contribution in [0.2, 0.25) is 0 Å². The van der Waals surface area contributed by atoms with Gasteiger partial charge in [0.15, 0.2) is 0 Å². The quantitative estimate of drug-likeness (QED) is 0.784. The minimum absolute atomic E-state index is 0.229. The first-order valence-electron chi connectivity index (χ1n) is 6.11. The minimum atomic E-state index is -0.959. The zero-order valence-corrected chi connectivity index (χ0v) is 10.8. The van der Waals surface area contributed by atoms with Gasteiger partial charge in [-0.2, -0.15) is 0 Å². The zero-order chi connectivity index (χ0) is 14.1. The maximum absolute atomic E-state index is 11.0. The maximum Gasteiger partial charge on any atom is 0.335 e. The number of rotatable bonds is 3. The van der Waals surface area contributed by atoms with Crippen LogP contribution in [0.1, 0.15) is 21.5 Å². The van der Waals surface area contributed by atoms with Gasteiger partial charge in [-0.05, 0) is 42.3 Å². The van der Waals surface area contributed by atoms with Crippen molar-refractivity contribution >= 4 is 17.0 Å². The largest absolute Gasteiger partial charge is 0.478 e. The van der Waals surface area contributed by atoms with Crippen molar-refractivity contribution in [1.82, 2.24) is 20.0 Å². The Morgan fingerprint density at radius 3 is 2.95 bits per heavy atom. The Morgan fingerprint density at radius 2 is 2.20 bits per heavy atom. The van der Waals surface area contributed by atoms with E-state index in [1.165, 1.54) is 6.07 Å². The summed E-state index contributed by atoms with van der Waals surface area (Å²) in [5.41, 5.74) is 3.76. The number of aryl methyl sites for hydroxylation is 1. The van der Waals surface area contributed by atoms with E-state index in [9.17, 15) is 4.79 Å². The van der Waals surface area contributed by atoms with Crippen LogP contribution in [-0.2, 0) is 6.54 Å². The van der Waals surface area contributed by atoms with Gasteiger partial charge in [-0.1, -0.05) is 5.21 Å². The molecule has 0 fully saturated rings. The molecule has 0 spiro atoms. The van der Waals surface area contributed by atoms with Crippen LogP contribution in [0.3, 0.4) is 0 Å². The molecule has 0 unspecified atom stereocenters. The summed E-state index contributed by atoms with van der Waals surface area (Å²) in [7, 11) is 0. The van der Waals surface area contributed by atoms with Gasteiger partial charge < -0.3 is 5.11 Å². The van der Waals surface area contributed by atoms with Crippen molar-refractivity contribution in [1.29, 1.82) is 0 Å². The van der Waals surface area contributed by atoms with Crippen LogP contribution < -0.4 is 0 Å². The minimum Gasteiger partial charge on any atom is -0.478 e. The fourth-order valence-corrected chi connectivity index (χ4v) is 2.06. The maximum atomic E-state index is 11.0. The number of hydrogen-bond donors (Lipinski definition) is 1. The Balaban J connectivity index is 2.06. The lowest BCUT2D eigenvalue weighted by Gasteiger charge is -2.05. The normalized spacial score (nSPS) is 10.8. The first-order valence-corrected chi connectivity index (χ1v) is 6.11. The Morgan fingerprint density at radius 1 is 1.35 bits per heavy atom. The number of carboxylic acids is 1. The summed E-state index contributed by atoms with van der Waals surface area (Å²) in [5.74, 6) is -0.959. The number of hydrogen-bond acceptors (Lipinski definition) is 4. The van der Waals surface area contributed by atoms with Crippen LogP contribution in [0, 0.1) is 6.92 Å². The number of benzene rings is 1. The smallest absolute Gasteiger partial charge is 0.335 e. The molecule has 1 aromatic carbocycles. The molecule has 6 nitrogen and oxygen atoms in total. The molecular weight excluding hydrogens is 256 g/mol. The molecule has 3 rings (SSSR count). The highest BCUT2D eigenvalue weighted by Crippen LogP contribution is 2.16. The summed E-state index contributed by atoms with van der Waals surface area (Å²) in [6.45, 7) is 2.51. The molecule has 0 aliphatic heterocycles. The van der Waals surface area contributed by atoms with E-state index in [-0.39, 0.29) is 5.56 Å². The van der Waals surface area contributed by atoms with Crippen LogP contribution in [0.15, 0.2) is 36.7 Å². The standard InChI is InChI=1S/C14H12N4O2/c1-9-7-15-5-4-11(9)8-18-13-6-10(14(19)20)2-3-12(13)16-17-18/h2-7H,8H2,1H3,(H,19,20). The summed E-state index contributed by atoms with van der Waals surface area (Å²) < 4.78 is 1.70. The Hall–Kier alpha value is -2.76. The number of pyridine rings is 1. The van der Waals surface area contributed by atoms with Gasteiger partial charge in [-0.25, -0.2) is 9.48 Å². The predicted molar refractivity (Wildman–Crippen MR) is 72.6 cm³/mol. The molecule has 0 aliphatic rings. The van der Waals surface area contributed by atoms with Crippen molar-refractivity contribution in [2.24, 2.45) is 0 Å². The van der Waals surface area contributed by atoms with E-state index >= 15 is 0 Å². The third kappa shape index (κ3) is 2.11. The van der Waals surface area contributed by atoms with Gasteiger partial charge in [-0.3, -0.25) is 4.98 Å². The van der Waals surface area contributed by atoms with Gasteiger partial charge in [0.2, 0.25) is 0 Å². The average molecular weight is 268 g/mol. The van der Waals surface area contributed by atoms with E-state index in [0.29, 0.717) is 17.6 Å². The SMILES string of the molecule is Cc1cnccc1Cn1nnc2ccc(C(=O)O)cc21. The van der Waals surface area contributed by atoms with Gasteiger partial charge in [0.25, 0.3) is 0 Å². The van der Waals surface area contributed by atoms with E-state index < -0.39 is 5.97 Å². The number of fused-ring (bicyclic) bond motifs is 1. The van der Waals surface area contributed by atoms with E-state index in [1.807, 2.05) is 13.0 Å². The highest BCUT2D eigenvalue weighted by molar-refractivity contribution is 5.92. The van der Waals surface area contributed by atoms with Crippen LogP contribution in [0.5, 0.6) is 0 Å². The van der Waals surface area contributed by atoms with Gasteiger partial charge in [-0.15, -0.1) is 5.10 Å². The molecule has 2 aromatic heterocycles. The van der Waals surface area contributed by atoms with Crippen LogP contribution in [0.4, 0.5) is 0 Å². The molecule has 0 bridgehead atoms. The Bertz CT molecular complexity index is 795. The van der Waals surface area contributed by atoms with Crippen molar-refractivity contribution < 1.29 is 9.90 Å². The van der Waals surface area contributed by atoms with Gasteiger partial charge >= 0.3 is 5.97 Å². The molecule has 0 amide bonds. The second-order valence-corrected chi connectivity index (χ2v) is 4.56. The molecule has 0 atom stereocenters. The van der Waals surface area contributed by atoms with E-state index in [4.69, 9.17) is 5.11 Å². The molecule has 0 aliphatic carbocycles. The van der Waals surface area contributed by atoms with Gasteiger partial charge in [0.05, 0.1) is 17.6 Å². The lowest BCUT2D eigenvalue weighted by Crippen LogP contribution is -2.04. The number of nitrogens with zero attached hydrogens (tertiary/aromatic N) is 4. The van der Waals surface area contributed by atoms with Crippen LogP contribution in [0.25, 0.3) is 11.0 Å². The van der Waals surface area contributed by atoms with E-state index in [2.05, 4.69) is 15.3 Å². The topological polar surface area (TPSA) is 80.9 Å². The summed E-state index contributed by atoms with van der Waals surface area (Å²) in [5, 5.41) is 17.2. The average Bonchev–Trinajstić information content (AvgIpc) is 2.84. The molecule has 100 valence electrons. The number of aromatic carboxylic acids is 1. The Kier molecular flexibility index (Phi) is 2.90. The molecule has 0 radical (unpaired) electrons. The van der Waals surface area contributed by atoms with Crippen molar-refractivity contribution in [3.63, 3.8) is 0 Å². The van der Waals surface area contributed by atoms with Crippen molar-refractivity contribution in [3.05, 3.63) is 53.3 Å². The van der Waals surface area contributed by atoms with E-state index in [0.717, 1.165) is 11.1 Å². The molecule has 0 saturated carbocycles. The van der Waals surface area contributed by atoms with Crippen molar-refractivity contribution in [3.8, 4) is 0 Å². The highest BCUT2D eigenvalue weighted by atomic mass is 16.4. The summed E-state index contributed by atoms with van der Waals surface area (Å²) in [6.07, 6.45) is 3.52. The molecule has 3 aromatic rings. The number of aromatic nitrogens is 4. The van der Waals surface area contributed by atoms with Gasteiger partial charge in [0, 0.05) is 12.4 Å². The molecule has 6 heteroatoms. The molecule has 2 heterocycles. The first-order chi connectivity index (χ1) is 9.65. The number of carboxylic acid groups (broad SMARTS) is 1. The third-order valence-electron chi connectivity index (χ3n) is 3.22. The Labute approximate surface area is 114 Å². The van der Waals surface area contributed by atoms with E-state index in [1.54, 1.807) is 29.2 Å². The molecule has 0 saturated heterocycles. The monoisotopic (exact) mass is 268 g/mol. The fourth-order valence-electron chi connectivity index (χ4n) is 2.06. The lowest BCUT2D eigenvalue weighted by molar-refractivity contribution is 0.0697. The second kappa shape index (κ2) is 4.73.